The predicted octanol–water partition coefficient (Wildman–Crippen LogP) is 8.45. The molecule has 0 unspecified atom stereocenters. The number of hydrogen-bond acceptors (Lipinski definition) is 0. The maximum absolute atomic E-state index is 14.2. The molecule has 0 bridgehead atoms. The Balaban J connectivity index is 0.00000311. The minimum absolute atomic E-state index is 0. The summed E-state index contributed by atoms with van der Waals surface area (Å²) >= 11 is 0. The van der Waals surface area contributed by atoms with Crippen molar-refractivity contribution in [1.29, 1.82) is 0 Å². The SMILES string of the molecule is CC(C)[PH+](c1cc(F)ccc1[N-]c1ccc(F)cc1[PH+](C(C)C)C(C)C)C(C)C.[CH2-]C.[Pd+2]. The molecular formula is C26H41F2NP2Pd+2. The molecule has 0 aliphatic heterocycles. The molecule has 0 atom stereocenters. The molecule has 32 heavy (non-hydrogen) atoms. The van der Waals surface area contributed by atoms with Crippen LogP contribution < -0.4 is 10.6 Å². The second kappa shape index (κ2) is 14.8. The Morgan fingerprint density at radius 3 is 1.16 bits per heavy atom. The molecule has 0 N–H and O–H groups in total. The minimum atomic E-state index is -1.000. The third-order valence-electron chi connectivity index (χ3n) is 5.27. The van der Waals surface area contributed by atoms with E-state index in [1.54, 1.807) is 31.2 Å². The maximum Gasteiger partial charge on any atom is 2.00 e. The first-order valence-corrected chi connectivity index (χ1v) is 14.6. The number of rotatable bonds is 8. The van der Waals surface area contributed by atoms with Gasteiger partial charge in [-0.05, 0) is 67.5 Å². The first-order chi connectivity index (χ1) is 14.5. The zero-order chi connectivity index (χ0) is 23.9. The number of halogens is 2. The second-order valence-corrected chi connectivity index (χ2v) is 16.5. The Morgan fingerprint density at radius 1 is 0.625 bits per heavy atom. The normalized spacial score (nSPS) is 11.3. The quantitative estimate of drug-likeness (QED) is 0.171. The van der Waals surface area contributed by atoms with Crippen molar-refractivity contribution in [3.63, 3.8) is 0 Å². The van der Waals surface area contributed by atoms with E-state index in [2.05, 4.69) is 62.3 Å². The molecule has 1 nitrogen and oxygen atoms in total. The number of hydrogen-bond donors (Lipinski definition) is 0. The van der Waals surface area contributed by atoms with E-state index in [0.717, 1.165) is 22.0 Å². The molecule has 0 spiro atoms. The van der Waals surface area contributed by atoms with Crippen molar-refractivity contribution >= 4 is 37.8 Å². The van der Waals surface area contributed by atoms with Crippen LogP contribution in [0.4, 0.5) is 20.2 Å². The maximum atomic E-state index is 14.2. The van der Waals surface area contributed by atoms with Gasteiger partial charge in [0.2, 0.25) is 0 Å². The largest absolute Gasteiger partial charge is 2.00 e. The van der Waals surface area contributed by atoms with Gasteiger partial charge in [0.15, 0.2) is 0 Å². The van der Waals surface area contributed by atoms with E-state index < -0.39 is 15.8 Å². The van der Waals surface area contributed by atoms with E-state index in [1.807, 2.05) is 0 Å². The average Bonchev–Trinajstić information content (AvgIpc) is 2.66. The average molecular weight is 574 g/mol. The van der Waals surface area contributed by atoms with E-state index in [1.165, 1.54) is 12.1 Å². The summed E-state index contributed by atoms with van der Waals surface area (Å²) in [6.07, 6.45) is 0. The van der Waals surface area contributed by atoms with Gasteiger partial charge in [-0.2, -0.15) is 6.92 Å². The topological polar surface area (TPSA) is 14.1 Å². The van der Waals surface area contributed by atoms with E-state index in [4.69, 9.17) is 5.32 Å². The molecule has 2 aromatic rings. The van der Waals surface area contributed by atoms with Crippen molar-refractivity contribution in [2.45, 2.75) is 84.9 Å². The van der Waals surface area contributed by atoms with Crippen molar-refractivity contribution in [1.82, 2.24) is 0 Å². The van der Waals surface area contributed by atoms with Gasteiger partial charge in [0.25, 0.3) is 0 Å². The zero-order valence-electron chi connectivity index (χ0n) is 21.0. The molecule has 0 amide bonds. The fraction of sp³-hybridized carbons (Fsp3) is 0.500. The molecule has 0 radical (unpaired) electrons. The predicted molar refractivity (Wildman–Crippen MR) is 143 cm³/mol. The smallest absolute Gasteiger partial charge is 0.651 e. The van der Waals surface area contributed by atoms with Crippen LogP contribution in [0.2, 0.25) is 0 Å². The summed E-state index contributed by atoms with van der Waals surface area (Å²) in [5.74, 6) is -0.424. The Hall–Kier alpha value is -0.378. The van der Waals surface area contributed by atoms with Crippen LogP contribution in [-0.2, 0) is 20.4 Å². The molecule has 0 fully saturated rings. The standard InChI is InChI=1S/C24H34F2NP2.C2H5.Pd/c1-15(2)28(16(3)4)23-13-19(25)9-11-21(23)27-22-12-10-20(26)14-24(22)29(17(5)6)18(7)8;1-2;/h9-18H,1-8H3;1H2,2H3;/q2*-1;+2/p+2. The van der Waals surface area contributed by atoms with Gasteiger partial charge in [0.1, 0.15) is 11.6 Å². The number of nitrogens with zero attached hydrogens (tertiary/aromatic N) is 1. The Kier molecular flexibility index (Phi) is 14.6. The van der Waals surface area contributed by atoms with Gasteiger partial charge in [-0.25, -0.2) is 8.78 Å². The molecule has 6 heteroatoms. The summed E-state index contributed by atoms with van der Waals surface area (Å²) in [4.78, 5) is 0. The van der Waals surface area contributed by atoms with Gasteiger partial charge >= 0.3 is 20.4 Å². The molecule has 0 saturated heterocycles. The van der Waals surface area contributed by atoms with Crippen LogP contribution in [0.3, 0.4) is 0 Å². The molecule has 0 aromatic heterocycles. The fourth-order valence-corrected chi connectivity index (χ4v) is 11.0. The van der Waals surface area contributed by atoms with Gasteiger partial charge in [0, 0.05) is 28.0 Å². The monoisotopic (exact) mass is 573 g/mol. The fourth-order valence-electron chi connectivity index (χ4n) is 4.38. The van der Waals surface area contributed by atoms with Crippen LogP contribution in [-0.4, -0.2) is 22.6 Å². The first kappa shape index (κ1) is 31.6. The summed E-state index contributed by atoms with van der Waals surface area (Å²) in [5.41, 5.74) is 3.54. The van der Waals surface area contributed by atoms with Crippen molar-refractivity contribution in [3.8, 4) is 0 Å². The third-order valence-corrected chi connectivity index (χ3v) is 12.3. The van der Waals surface area contributed by atoms with Crippen LogP contribution in [0.5, 0.6) is 0 Å². The zero-order valence-corrected chi connectivity index (χ0v) is 24.6. The van der Waals surface area contributed by atoms with Crippen LogP contribution >= 0.6 is 15.8 Å². The summed E-state index contributed by atoms with van der Waals surface area (Å²) in [5, 5.41) is 7.09. The minimum Gasteiger partial charge on any atom is -0.651 e. The van der Waals surface area contributed by atoms with Gasteiger partial charge in [-0.3, -0.25) is 0 Å². The summed E-state index contributed by atoms with van der Waals surface area (Å²) in [7, 11) is -2.00. The van der Waals surface area contributed by atoms with Gasteiger partial charge < -0.3 is 12.2 Å². The molecule has 0 aliphatic carbocycles. The molecule has 0 heterocycles. The summed E-state index contributed by atoms with van der Waals surface area (Å²) in [6, 6.07) is 9.92. The van der Waals surface area contributed by atoms with Gasteiger partial charge in [0.05, 0.1) is 33.2 Å². The van der Waals surface area contributed by atoms with Crippen LogP contribution in [0.15, 0.2) is 36.4 Å². The van der Waals surface area contributed by atoms with Crippen molar-refractivity contribution < 1.29 is 29.2 Å². The molecule has 0 aliphatic rings. The molecule has 0 saturated carbocycles. The molecular weight excluding hydrogens is 533 g/mol. The Labute approximate surface area is 211 Å². The van der Waals surface area contributed by atoms with E-state index >= 15 is 0 Å². The van der Waals surface area contributed by atoms with E-state index in [0.29, 0.717) is 22.6 Å². The van der Waals surface area contributed by atoms with Crippen molar-refractivity contribution in [2.24, 2.45) is 0 Å². The first-order valence-electron chi connectivity index (χ1n) is 11.3. The van der Waals surface area contributed by atoms with Crippen molar-refractivity contribution in [2.75, 3.05) is 0 Å². The molecule has 2 rings (SSSR count). The van der Waals surface area contributed by atoms with E-state index in [-0.39, 0.29) is 32.1 Å². The molecule has 182 valence electrons. The Morgan fingerprint density at radius 2 is 0.906 bits per heavy atom. The second-order valence-electron chi connectivity index (χ2n) is 8.96. The van der Waals surface area contributed by atoms with Crippen LogP contribution in [0.1, 0.15) is 62.3 Å². The molecule has 2 aromatic carbocycles. The summed E-state index contributed by atoms with van der Waals surface area (Å²) in [6.45, 7) is 22.7. The van der Waals surface area contributed by atoms with Crippen LogP contribution in [0.25, 0.3) is 5.32 Å². The third kappa shape index (κ3) is 8.44. The summed E-state index contributed by atoms with van der Waals surface area (Å²) < 4.78 is 28.4. The Bertz CT molecular complexity index is 742. The van der Waals surface area contributed by atoms with E-state index in [9.17, 15) is 8.78 Å². The van der Waals surface area contributed by atoms with Crippen molar-refractivity contribution in [3.05, 3.63) is 60.3 Å². The van der Waals surface area contributed by atoms with Gasteiger partial charge in [-0.1, -0.05) is 23.5 Å². The van der Waals surface area contributed by atoms with Crippen LogP contribution in [0, 0.1) is 18.6 Å². The van der Waals surface area contributed by atoms with Gasteiger partial charge in [-0.15, -0.1) is 0 Å². The number of benzene rings is 2.